The summed E-state index contributed by atoms with van der Waals surface area (Å²) >= 11 is 6.08. The minimum Gasteiger partial charge on any atom is -0.496 e. The fraction of sp³-hybridized carbons (Fsp3) is 0.464. The Morgan fingerprint density at radius 2 is 1.83 bits per heavy atom. The molecule has 1 N–H and O–H groups in total. The number of rotatable bonds is 13. The highest BCUT2D eigenvalue weighted by atomic mass is 35.5. The van der Waals surface area contributed by atoms with E-state index in [4.69, 9.17) is 16.3 Å². The predicted octanol–water partition coefficient (Wildman–Crippen LogP) is 4.86. The topological polar surface area (TPSA) is 87.2 Å². The average molecular weight is 513 g/mol. The molecule has 1 aliphatic carbocycles. The molecule has 1 heterocycles. The number of imide groups is 1. The molecule has 0 bridgehead atoms. The van der Waals surface area contributed by atoms with Crippen LogP contribution in [0.25, 0.3) is 0 Å². The summed E-state index contributed by atoms with van der Waals surface area (Å²) in [7, 11) is 1.64. The van der Waals surface area contributed by atoms with Gasteiger partial charge < -0.3 is 9.84 Å². The van der Waals surface area contributed by atoms with Crippen LogP contribution < -0.4 is 4.74 Å². The number of carboxylic acid groups (broad SMARTS) is 1. The number of aliphatic carboxylic acids is 1. The van der Waals surface area contributed by atoms with Gasteiger partial charge in [-0.15, -0.1) is 0 Å². The number of benzene rings is 2. The van der Waals surface area contributed by atoms with Gasteiger partial charge in [-0.2, -0.15) is 0 Å². The summed E-state index contributed by atoms with van der Waals surface area (Å²) in [4.78, 5) is 39.1. The molecular weight excluding hydrogens is 480 g/mol. The number of carboxylic acids is 1. The molecule has 1 unspecified atom stereocenters. The Labute approximate surface area is 217 Å². The third-order valence-corrected chi connectivity index (χ3v) is 7.22. The van der Waals surface area contributed by atoms with Crippen LogP contribution in [0, 0.1) is 5.92 Å². The van der Waals surface area contributed by atoms with Gasteiger partial charge in [0.05, 0.1) is 13.5 Å². The van der Waals surface area contributed by atoms with E-state index in [1.54, 1.807) is 7.11 Å². The summed E-state index contributed by atoms with van der Waals surface area (Å²) in [6.45, 7) is 1.86. The van der Waals surface area contributed by atoms with E-state index in [-0.39, 0.29) is 24.3 Å². The van der Waals surface area contributed by atoms with Gasteiger partial charge in [-0.1, -0.05) is 35.9 Å². The maximum absolute atomic E-state index is 11.9. The van der Waals surface area contributed by atoms with Crippen molar-refractivity contribution < 1.29 is 24.2 Å². The van der Waals surface area contributed by atoms with Crippen LogP contribution in [0.15, 0.2) is 42.5 Å². The zero-order valence-electron chi connectivity index (χ0n) is 20.6. The number of aryl methyl sites for hydroxylation is 1. The van der Waals surface area contributed by atoms with Gasteiger partial charge in [0.1, 0.15) is 5.75 Å². The number of nitrogens with zero attached hydrogens (tertiary/aromatic N) is 2. The van der Waals surface area contributed by atoms with Crippen LogP contribution in [-0.4, -0.2) is 52.9 Å². The minimum atomic E-state index is -0.835. The molecule has 192 valence electrons. The van der Waals surface area contributed by atoms with Gasteiger partial charge in [0.2, 0.25) is 11.8 Å². The number of carbonyl (C=O) groups is 3. The summed E-state index contributed by atoms with van der Waals surface area (Å²) in [6.07, 6.45) is 4.34. The SMILES string of the molecule is COc1cc(CN(CC2CC2)C(CC(=O)O)c2ccc(Cl)cc2)ccc1CCCN1C(=O)CCC1=O. The third-order valence-electron chi connectivity index (χ3n) is 6.97. The first-order valence-electron chi connectivity index (χ1n) is 12.5. The summed E-state index contributed by atoms with van der Waals surface area (Å²) in [5, 5.41) is 10.3. The van der Waals surface area contributed by atoms with Crippen LogP contribution in [0.4, 0.5) is 0 Å². The first kappa shape index (κ1) is 26.2. The zero-order chi connectivity index (χ0) is 25.7. The number of halogens is 1. The molecule has 1 atom stereocenters. The number of amides is 2. The summed E-state index contributed by atoms with van der Waals surface area (Å²) in [5.41, 5.74) is 3.01. The average Bonchev–Trinajstić information content (AvgIpc) is 3.62. The molecule has 4 rings (SSSR count). The highest BCUT2D eigenvalue weighted by molar-refractivity contribution is 6.30. The second-order valence-corrected chi connectivity index (χ2v) is 10.2. The van der Waals surface area contributed by atoms with Crippen LogP contribution in [0.3, 0.4) is 0 Å². The van der Waals surface area contributed by atoms with Crippen molar-refractivity contribution in [3.8, 4) is 5.75 Å². The van der Waals surface area contributed by atoms with Gasteiger partial charge in [-0.05, 0) is 66.5 Å². The molecule has 1 saturated heterocycles. The van der Waals surface area contributed by atoms with Crippen molar-refractivity contribution in [1.29, 1.82) is 0 Å². The maximum Gasteiger partial charge on any atom is 0.305 e. The smallest absolute Gasteiger partial charge is 0.305 e. The van der Waals surface area contributed by atoms with Crippen LogP contribution in [-0.2, 0) is 27.3 Å². The second kappa shape index (κ2) is 11.9. The number of ether oxygens (including phenoxy) is 1. The Hall–Kier alpha value is -2.90. The molecular formula is C28H33ClN2O5. The van der Waals surface area contributed by atoms with Crippen molar-refractivity contribution in [2.24, 2.45) is 5.92 Å². The van der Waals surface area contributed by atoms with Gasteiger partial charge in [0, 0.05) is 43.5 Å². The van der Waals surface area contributed by atoms with Crippen molar-refractivity contribution in [3.63, 3.8) is 0 Å². The Morgan fingerprint density at radius 3 is 2.44 bits per heavy atom. The van der Waals surface area contributed by atoms with Gasteiger partial charge in [-0.25, -0.2) is 0 Å². The lowest BCUT2D eigenvalue weighted by Crippen LogP contribution is -2.32. The Bertz CT molecular complexity index is 1080. The van der Waals surface area contributed by atoms with Gasteiger partial charge in [0.15, 0.2) is 0 Å². The van der Waals surface area contributed by atoms with Crippen molar-refractivity contribution in [3.05, 3.63) is 64.2 Å². The maximum atomic E-state index is 11.9. The molecule has 0 aromatic heterocycles. The lowest BCUT2D eigenvalue weighted by molar-refractivity contribution is -0.139. The van der Waals surface area contributed by atoms with E-state index in [1.807, 2.05) is 36.4 Å². The summed E-state index contributed by atoms with van der Waals surface area (Å²) in [5.74, 6) is 0.341. The van der Waals surface area contributed by atoms with Crippen molar-refractivity contribution in [1.82, 2.24) is 9.80 Å². The van der Waals surface area contributed by atoms with Crippen LogP contribution in [0.2, 0.25) is 5.02 Å². The predicted molar refractivity (Wildman–Crippen MR) is 137 cm³/mol. The molecule has 1 aliphatic heterocycles. The third kappa shape index (κ3) is 6.86. The molecule has 7 nitrogen and oxygen atoms in total. The largest absolute Gasteiger partial charge is 0.496 e. The molecule has 36 heavy (non-hydrogen) atoms. The van der Waals surface area contributed by atoms with E-state index >= 15 is 0 Å². The molecule has 2 aromatic carbocycles. The zero-order valence-corrected chi connectivity index (χ0v) is 21.4. The normalized spacial score (nSPS) is 16.6. The number of likely N-dealkylation sites (tertiary alicyclic amines) is 1. The van der Waals surface area contributed by atoms with Gasteiger partial charge >= 0.3 is 5.97 Å². The van der Waals surface area contributed by atoms with Crippen LogP contribution >= 0.6 is 11.6 Å². The van der Waals surface area contributed by atoms with E-state index in [0.29, 0.717) is 49.7 Å². The molecule has 0 spiro atoms. The van der Waals surface area contributed by atoms with Crippen molar-refractivity contribution in [2.75, 3.05) is 20.2 Å². The Balaban J connectivity index is 1.48. The van der Waals surface area contributed by atoms with Gasteiger partial charge in [-0.3, -0.25) is 24.2 Å². The first-order chi connectivity index (χ1) is 17.3. The van der Waals surface area contributed by atoms with Crippen LogP contribution in [0.1, 0.15) is 61.3 Å². The lowest BCUT2D eigenvalue weighted by atomic mass is 9.99. The lowest BCUT2D eigenvalue weighted by Gasteiger charge is -2.32. The molecule has 1 saturated carbocycles. The van der Waals surface area contributed by atoms with E-state index in [2.05, 4.69) is 11.0 Å². The summed E-state index contributed by atoms with van der Waals surface area (Å²) < 4.78 is 5.67. The molecule has 2 fully saturated rings. The summed E-state index contributed by atoms with van der Waals surface area (Å²) in [6, 6.07) is 13.3. The fourth-order valence-corrected chi connectivity index (χ4v) is 5.00. The molecule has 2 amide bonds. The standard InChI is InChI=1S/C28H33ClN2O5/c1-36-25-15-20(6-7-22(25)3-2-14-31-26(32)12-13-27(31)33)18-30(17-19-4-5-19)24(16-28(34)35)21-8-10-23(29)11-9-21/h6-11,15,19,24H,2-5,12-14,16-18H2,1H3,(H,34,35). The van der Waals surface area contributed by atoms with Crippen molar-refractivity contribution >= 4 is 29.4 Å². The minimum absolute atomic E-state index is 0.0114. The molecule has 8 heteroatoms. The number of carbonyl (C=O) groups excluding carboxylic acids is 2. The Kier molecular flexibility index (Phi) is 8.64. The molecule has 2 aliphatic rings. The number of hydrogen-bond donors (Lipinski definition) is 1. The van der Waals surface area contributed by atoms with E-state index in [0.717, 1.165) is 29.0 Å². The van der Waals surface area contributed by atoms with E-state index in [9.17, 15) is 19.5 Å². The highest BCUT2D eigenvalue weighted by Crippen LogP contribution is 2.36. The quantitative estimate of drug-likeness (QED) is 0.386. The molecule has 0 radical (unpaired) electrons. The highest BCUT2D eigenvalue weighted by Gasteiger charge is 2.31. The van der Waals surface area contributed by atoms with Gasteiger partial charge in [0.25, 0.3) is 0 Å². The van der Waals surface area contributed by atoms with Crippen molar-refractivity contribution in [2.45, 2.75) is 57.5 Å². The second-order valence-electron chi connectivity index (χ2n) is 9.73. The Morgan fingerprint density at radius 1 is 1.14 bits per heavy atom. The van der Waals surface area contributed by atoms with Crippen LogP contribution in [0.5, 0.6) is 5.75 Å². The number of hydrogen-bond acceptors (Lipinski definition) is 5. The first-order valence-corrected chi connectivity index (χ1v) is 12.9. The molecule has 2 aromatic rings. The van der Waals surface area contributed by atoms with E-state index in [1.165, 1.54) is 17.7 Å². The fourth-order valence-electron chi connectivity index (χ4n) is 4.87. The monoisotopic (exact) mass is 512 g/mol. The number of methoxy groups -OCH3 is 1. The van der Waals surface area contributed by atoms with E-state index < -0.39 is 5.97 Å².